The van der Waals surface area contributed by atoms with Gasteiger partial charge in [0.2, 0.25) is 0 Å². The molecule has 1 aromatic rings. The van der Waals surface area contributed by atoms with Gasteiger partial charge in [-0.05, 0) is 54.0 Å². The predicted molar refractivity (Wildman–Crippen MR) is 73.2 cm³/mol. The van der Waals surface area contributed by atoms with Gasteiger partial charge in [-0.15, -0.1) is 0 Å². The van der Waals surface area contributed by atoms with Crippen molar-refractivity contribution in [1.29, 1.82) is 0 Å². The molecule has 1 aromatic carbocycles. The van der Waals surface area contributed by atoms with E-state index in [-0.39, 0.29) is 6.04 Å². The van der Waals surface area contributed by atoms with Crippen LogP contribution in [0.1, 0.15) is 23.6 Å². The average molecular weight is 252 g/mol. The van der Waals surface area contributed by atoms with Crippen molar-refractivity contribution in [2.75, 3.05) is 18.6 Å². The highest BCUT2D eigenvalue weighted by Crippen LogP contribution is 2.35. The molecular formula is C13H20N2OS. The lowest BCUT2D eigenvalue weighted by molar-refractivity contribution is 0.395. The fourth-order valence-corrected chi connectivity index (χ4v) is 3.72. The Hall–Kier alpha value is -0.710. The number of hydrogen-bond donors (Lipinski definition) is 2. The zero-order chi connectivity index (χ0) is 12.3. The second-order valence-electron chi connectivity index (χ2n) is 4.49. The first-order valence-electron chi connectivity index (χ1n) is 5.94. The summed E-state index contributed by atoms with van der Waals surface area (Å²) in [5.41, 5.74) is 5.52. The molecule has 1 aliphatic heterocycles. The van der Waals surface area contributed by atoms with E-state index in [0.717, 1.165) is 5.75 Å². The summed E-state index contributed by atoms with van der Waals surface area (Å²) in [5.74, 6) is 9.72. The molecule has 1 aliphatic rings. The SMILES string of the molecule is COc1ccc(C(NN)C2CCSC2)c(C)c1. The number of benzene rings is 1. The van der Waals surface area contributed by atoms with Gasteiger partial charge in [-0.1, -0.05) is 6.07 Å². The quantitative estimate of drug-likeness (QED) is 0.637. The van der Waals surface area contributed by atoms with Gasteiger partial charge in [-0.25, -0.2) is 0 Å². The van der Waals surface area contributed by atoms with E-state index in [1.165, 1.54) is 29.1 Å². The van der Waals surface area contributed by atoms with E-state index in [1.807, 2.05) is 17.8 Å². The second kappa shape index (κ2) is 5.76. The van der Waals surface area contributed by atoms with E-state index < -0.39 is 0 Å². The van der Waals surface area contributed by atoms with Crippen LogP contribution in [0, 0.1) is 12.8 Å². The van der Waals surface area contributed by atoms with Gasteiger partial charge in [0.1, 0.15) is 5.75 Å². The Morgan fingerprint density at radius 3 is 2.88 bits per heavy atom. The fraction of sp³-hybridized carbons (Fsp3) is 0.538. The highest BCUT2D eigenvalue weighted by Gasteiger charge is 2.26. The molecule has 1 fully saturated rings. The van der Waals surface area contributed by atoms with Crippen LogP contribution >= 0.6 is 11.8 Å². The van der Waals surface area contributed by atoms with Gasteiger partial charge in [0, 0.05) is 6.04 Å². The van der Waals surface area contributed by atoms with Crippen molar-refractivity contribution in [3.05, 3.63) is 29.3 Å². The van der Waals surface area contributed by atoms with Crippen LogP contribution in [-0.2, 0) is 0 Å². The Bertz CT molecular complexity index is 378. The molecular weight excluding hydrogens is 232 g/mol. The molecule has 0 radical (unpaired) electrons. The summed E-state index contributed by atoms with van der Waals surface area (Å²) in [5, 5.41) is 0. The molecule has 3 N–H and O–H groups in total. The first-order chi connectivity index (χ1) is 8.26. The van der Waals surface area contributed by atoms with Gasteiger partial charge in [-0.2, -0.15) is 11.8 Å². The molecule has 0 aliphatic carbocycles. The van der Waals surface area contributed by atoms with Crippen LogP contribution in [0.2, 0.25) is 0 Å². The third-order valence-electron chi connectivity index (χ3n) is 3.43. The molecule has 2 rings (SSSR count). The molecule has 1 heterocycles. The van der Waals surface area contributed by atoms with Crippen molar-refractivity contribution in [3.8, 4) is 5.75 Å². The lowest BCUT2D eigenvalue weighted by atomic mass is 9.90. The number of aryl methyl sites for hydroxylation is 1. The lowest BCUT2D eigenvalue weighted by Gasteiger charge is -2.24. The number of rotatable bonds is 4. The van der Waals surface area contributed by atoms with E-state index in [9.17, 15) is 0 Å². The molecule has 17 heavy (non-hydrogen) atoms. The van der Waals surface area contributed by atoms with Crippen molar-refractivity contribution in [1.82, 2.24) is 5.43 Å². The van der Waals surface area contributed by atoms with Gasteiger partial charge >= 0.3 is 0 Å². The van der Waals surface area contributed by atoms with Crippen LogP contribution in [0.3, 0.4) is 0 Å². The smallest absolute Gasteiger partial charge is 0.119 e. The summed E-state index contributed by atoms with van der Waals surface area (Å²) in [4.78, 5) is 0. The second-order valence-corrected chi connectivity index (χ2v) is 5.64. The van der Waals surface area contributed by atoms with Crippen LogP contribution in [0.25, 0.3) is 0 Å². The van der Waals surface area contributed by atoms with E-state index in [1.54, 1.807) is 7.11 Å². The molecule has 2 unspecified atom stereocenters. The van der Waals surface area contributed by atoms with Crippen molar-refractivity contribution in [2.45, 2.75) is 19.4 Å². The number of nitrogens with one attached hydrogen (secondary N) is 1. The van der Waals surface area contributed by atoms with Crippen molar-refractivity contribution in [3.63, 3.8) is 0 Å². The number of methoxy groups -OCH3 is 1. The topological polar surface area (TPSA) is 47.3 Å². The fourth-order valence-electron chi connectivity index (χ4n) is 2.42. The average Bonchev–Trinajstić information content (AvgIpc) is 2.85. The molecule has 0 bridgehead atoms. The Labute approximate surface area is 107 Å². The third-order valence-corrected chi connectivity index (χ3v) is 4.62. The Balaban J connectivity index is 2.23. The molecule has 0 aromatic heterocycles. The first-order valence-corrected chi connectivity index (χ1v) is 7.10. The molecule has 2 atom stereocenters. The van der Waals surface area contributed by atoms with E-state index in [0.29, 0.717) is 5.92 Å². The predicted octanol–water partition coefficient (Wildman–Crippen LogP) is 2.26. The van der Waals surface area contributed by atoms with Crippen molar-refractivity contribution >= 4 is 11.8 Å². The van der Waals surface area contributed by atoms with Crippen molar-refractivity contribution < 1.29 is 4.74 Å². The molecule has 94 valence electrons. The maximum atomic E-state index is 5.73. The Kier molecular flexibility index (Phi) is 4.31. The zero-order valence-electron chi connectivity index (χ0n) is 10.4. The van der Waals surface area contributed by atoms with Crippen LogP contribution in [0.4, 0.5) is 0 Å². The lowest BCUT2D eigenvalue weighted by Crippen LogP contribution is -2.34. The van der Waals surface area contributed by atoms with Crippen LogP contribution in [0.15, 0.2) is 18.2 Å². The highest BCUT2D eigenvalue weighted by atomic mass is 32.2. The summed E-state index contributed by atoms with van der Waals surface area (Å²) in [6.45, 7) is 2.12. The minimum Gasteiger partial charge on any atom is -0.497 e. The maximum Gasteiger partial charge on any atom is 0.119 e. The van der Waals surface area contributed by atoms with E-state index in [4.69, 9.17) is 10.6 Å². The summed E-state index contributed by atoms with van der Waals surface area (Å²) in [6, 6.07) is 6.47. The standard InChI is InChI=1S/C13H20N2OS/c1-9-7-11(16-2)3-4-12(9)13(15-14)10-5-6-17-8-10/h3-4,7,10,13,15H,5-6,8,14H2,1-2H3. The zero-order valence-corrected chi connectivity index (χ0v) is 11.2. The molecule has 4 heteroatoms. The minimum absolute atomic E-state index is 0.260. The van der Waals surface area contributed by atoms with Crippen molar-refractivity contribution in [2.24, 2.45) is 11.8 Å². The number of thioether (sulfide) groups is 1. The van der Waals surface area contributed by atoms with Crippen LogP contribution in [0.5, 0.6) is 5.75 Å². The third kappa shape index (κ3) is 2.76. The summed E-state index contributed by atoms with van der Waals surface area (Å²) >= 11 is 2.01. The maximum absolute atomic E-state index is 5.73. The summed E-state index contributed by atoms with van der Waals surface area (Å²) < 4.78 is 5.23. The Morgan fingerprint density at radius 1 is 1.53 bits per heavy atom. The number of hydrazine groups is 1. The highest BCUT2D eigenvalue weighted by molar-refractivity contribution is 7.99. The van der Waals surface area contributed by atoms with Gasteiger partial charge < -0.3 is 4.74 Å². The number of hydrogen-bond acceptors (Lipinski definition) is 4. The molecule has 3 nitrogen and oxygen atoms in total. The van der Waals surface area contributed by atoms with Crippen LogP contribution in [-0.4, -0.2) is 18.6 Å². The van der Waals surface area contributed by atoms with Gasteiger partial charge in [-0.3, -0.25) is 11.3 Å². The minimum atomic E-state index is 0.260. The summed E-state index contributed by atoms with van der Waals surface area (Å²) in [6.07, 6.45) is 1.24. The summed E-state index contributed by atoms with van der Waals surface area (Å²) in [7, 11) is 1.70. The number of ether oxygens (including phenoxy) is 1. The van der Waals surface area contributed by atoms with Gasteiger partial charge in [0.05, 0.1) is 7.11 Å². The largest absolute Gasteiger partial charge is 0.497 e. The molecule has 0 saturated carbocycles. The monoisotopic (exact) mass is 252 g/mol. The first kappa shape index (κ1) is 12.7. The number of nitrogens with two attached hydrogens (primary N) is 1. The Morgan fingerprint density at radius 2 is 2.35 bits per heavy atom. The van der Waals surface area contributed by atoms with E-state index >= 15 is 0 Å². The van der Waals surface area contributed by atoms with Gasteiger partial charge in [0.25, 0.3) is 0 Å². The molecule has 1 saturated heterocycles. The molecule has 0 spiro atoms. The normalized spacial score (nSPS) is 21.5. The van der Waals surface area contributed by atoms with Gasteiger partial charge in [0.15, 0.2) is 0 Å². The van der Waals surface area contributed by atoms with E-state index in [2.05, 4.69) is 24.5 Å². The van der Waals surface area contributed by atoms with Crippen LogP contribution < -0.4 is 16.0 Å². The molecule has 0 amide bonds.